The van der Waals surface area contributed by atoms with Crippen molar-refractivity contribution in [2.45, 2.75) is 0 Å². The van der Waals surface area contributed by atoms with Crippen molar-refractivity contribution in [3.8, 4) is 0 Å². The Hall–Kier alpha value is -1.95. The molecule has 17 heavy (non-hydrogen) atoms. The average molecular weight is 296 g/mol. The van der Waals surface area contributed by atoms with Crippen LogP contribution in [0.25, 0.3) is 0 Å². The normalized spacial score (nSPS) is 14.5. The number of halogens is 1. The van der Waals surface area contributed by atoms with E-state index in [-0.39, 0.29) is 5.56 Å². The van der Waals surface area contributed by atoms with Crippen LogP contribution in [0.1, 0.15) is 10.4 Å². The average Bonchev–Trinajstić information content (AvgIpc) is 2.59. The van der Waals surface area contributed by atoms with Crippen molar-refractivity contribution in [1.29, 1.82) is 0 Å². The predicted molar refractivity (Wildman–Crippen MR) is 62.7 cm³/mol. The number of carbonyl (C=O) groups excluding carboxylic acids is 2. The second-order valence-electron chi connectivity index (χ2n) is 3.32. The lowest BCUT2D eigenvalue weighted by Crippen LogP contribution is -2.29. The Balaban J connectivity index is 2.44. The van der Waals surface area contributed by atoms with Gasteiger partial charge in [0.1, 0.15) is 0 Å². The van der Waals surface area contributed by atoms with E-state index in [1.165, 1.54) is 30.4 Å². The van der Waals surface area contributed by atoms with Gasteiger partial charge in [-0.2, -0.15) is 0 Å². The van der Waals surface area contributed by atoms with Crippen LogP contribution < -0.4 is 4.90 Å². The molecule has 1 aromatic rings. The van der Waals surface area contributed by atoms with Crippen molar-refractivity contribution in [1.82, 2.24) is 0 Å². The largest absolute Gasteiger partial charge is 0.478 e. The van der Waals surface area contributed by atoms with Crippen molar-refractivity contribution in [3.63, 3.8) is 0 Å². The molecule has 2 rings (SSSR count). The first-order valence-corrected chi connectivity index (χ1v) is 5.39. The van der Waals surface area contributed by atoms with E-state index in [1.807, 2.05) is 0 Å². The molecule has 0 saturated heterocycles. The van der Waals surface area contributed by atoms with Gasteiger partial charge in [0.05, 0.1) is 11.3 Å². The Bertz CT molecular complexity index is 547. The van der Waals surface area contributed by atoms with E-state index in [1.54, 1.807) is 0 Å². The standard InChI is InChI=1S/C11H6BrNO4/c12-7-5-6(11(16)17)1-2-8(7)13-9(14)3-4-10(13)15/h1-5H,(H,16,17). The van der Waals surface area contributed by atoms with E-state index < -0.39 is 17.8 Å². The lowest BCUT2D eigenvalue weighted by atomic mass is 10.2. The van der Waals surface area contributed by atoms with Gasteiger partial charge >= 0.3 is 5.97 Å². The first-order valence-electron chi connectivity index (χ1n) is 4.59. The Kier molecular flexibility index (Phi) is 2.81. The highest BCUT2D eigenvalue weighted by Gasteiger charge is 2.27. The van der Waals surface area contributed by atoms with E-state index >= 15 is 0 Å². The van der Waals surface area contributed by atoms with E-state index in [2.05, 4.69) is 15.9 Å². The molecule has 1 heterocycles. The zero-order valence-electron chi connectivity index (χ0n) is 8.38. The molecule has 1 N–H and O–H groups in total. The molecule has 0 aromatic heterocycles. The van der Waals surface area contributed by atoms with Crippen molar-refractivity contribution < 1.29 is 19.5 Å². The topological polar surface area (TPSA) is 74.7 Å². The first kappa shape index (κ1) is 11.5. The van der Waals surface area contributed by atoms with Gasteiger partial charge in [-0.1, -0.05) is 0 Å². The molecule has 86 valence electrons. The van der Waals surface area contributed by atoms with Gasteiger partial charge in [-0.25, -0.2) is 9.69 Å². The number of benzene rings is 1. The minimum atomic E-state index is -1.07. The second-order valence-corrected chi connectivity index (χ2v) is 4.17. The summed E-state index contributed by atoms with van der Waals surface area (Å²) in [6.07, 6.45) is 2.33. The Morgan fingerprint density at radius 2 is 1.76 bits per heavy atom. The molecule has 0 saturated carbocycles. The van der Waals surface area contributed by atoms with Crippen LogP contribution >= 0.6 is 15.9 Å². The predicted octanol–water partition coefficient (Wildman–Crippen LogP) is 1.58. The monoisotopic (exact) mass is 295 g/mol. The SMILES string of the molecule is O=C(O)c1ccc(N2C(=O)C=CC2=O)c(Br)c1. The van der Waals surface area contributed by atoms with Crippen LogP contribution in [0.15, 0.2) is 34.8 Å². The van der Waals surface area contributed by atoms with Crippen LogP contribution in [-0.4, -0.2) is 22.9 Å². The van der Waals surface area contributed by atoms with E-state index in [9.17, 15) is 14.4 Å². The number of anilines is 1. The van der Waals surface area contributed by atoms with Gasteiger partial charge in [0.25, 0.3) is 11.8 Å². The van der Waals surface area contributed by atoms with E-state index in [0.29, 0.717) is 10.2 Å². The maximum atomic E-state index is 11.4. The zero-order valence-corrected chi connectivity index (χ0v) is 9.97. The molecule has 0 unspecified atom stereocenters. The van der Waals surface area contributed by atoms with Crippen LogP contribution in [0.2, 0.25) is 0 Å². The summed E-state index contributed by atoms with van der Waals surface area (Å²) in [6.45, 7) is 0. The smallest absolute Gasteiger partial charge is 0.335 e. The number of carbonyl (C=O) groups is 3. The fourth-order valence-electron chi connectivity index (χ4n) is 1.46. The van der Waals surface area contributed by atoms with Crippen molar-refractivity contribution in [2.75, 3.05) is 4.90 Å². The maximum Gasteiger partial charge on any atom is 0.335 e. The molecular formula is C11H6BrNO4. The second kappa shape index (κ2) is 4.14. The Morgan fingerprint density at radius 1 is 1.18 bits per heavy atom. The fraction of sp³-hybridized carbons (Fsp3) is 0. The lowest BCUT2D eigenvalue weighted by Gasteiger charge is -2.15. The molecule has 0 atom stereocenters. The summed E-state index contributed by atoms with van der Waals surface area (Å²) >= 11 is 3.14. The lowest BCUT2D eigenvalue weighted by molar-refractivity contribution is -0.119. The van der Waals surface area contributed by atoms with Crippen molar-refractivity contribution >= 4 is 39.4 Å². The highest BCUT2D eigenvalue weighted by atomic mass is 79.9. The van der Waals surface area contributed by atoms with Crippen LogP contribution in [0.5, 0.6) is 0 Å². The number of amides is 2. The van der Waals surface area contributed by atoms with Crippen molar-refractivity contribution in [2.24, 2.45) is 0 Å². The molecule has 0 spiro atoms. The third-order valence-corrected chi connectivity index (χ3v) is 2.88. The molecule has 1 aromatic carbocycles. The molecule has 2 amide bonds. The minimum absolute atomic E-state index is 0.0766. The highest BCUT2D eigenvalue weighted by Crippen LogP contribution is 2.29. The number of imide groups is 1. The van der Waals surface area contributed by atoms with Gasteiger partial charge in [0.15, 0.2) is 0 Å². The summed E-state index contributed by atoms with van der Waals surface area (Å²) in [5.41, 5.74) is 0.405. The fourth-order valence-corrected chi connectivity index (χ4v) is 2.02. The summed E-state index contributed by atoms with van der Waals surface area (Å²) < 4.78 is 0.378. The number of carboxylic acids is 1. The molecule has 0 radical (unpaired) electrons. The third kappa shape index (κ3) is 1.99. The zero-order chi connectivity index (χ0) is 12.6. The van der Waals surface area contributed by atoms with Crippen molar-refractivity contribution in [3.05, 3.63) is 40.4 Å². The van der Waals surface area contributed by atoms with Gasteiger partial charge in [-0.15, -0.1) is 0 Å². The number of carboxylic acid groups (broad SMARTS) is 1. The van der Waals surface area contributed by atoms with Gasteiger partial charge in [0, 0.05) is 16.6 Å². The van der Waals surface area contributed by atoms with Gasteiger partial charge in [0.2, 0.25) is 0 Å². The molecule has 6 heteroatoms. The van der Waals surface area contributed by atoms with Crippen LogP contribution in [0.3, 0.4) is 0 Å². The molecule has 1 aliphatic heterocycles. The molecule has 1 aliphatic rings. The van der Waals surface area contributed by atoms with Crippen LogP contribution in [0, 0.1) is 0 Å². The number of hydrogen-bond acceptors (Lipinski definition) is 3. The molecular weight excluding hydrogens is 290 g/mol. The minimum Gasteiger partial charge on any atom is -0.478 e. The van der Waals surface area contributed by atoms with E-state index in [4.69, 9.17) is 5.11 Å². The first-order chi connectivity index (χ1) is 8.00. The van der Waals surface area contributed by atoms with Gasteiger partial charge in [-0.3, -0.25) is 9.59 Å². The maximum absolute atomic E-state index is 11.4. The van der Waals surface area contributed by atoms with E-state index in [0.717, 1.165) is 4.90 Å². The summed E-state index contributed by atoms with van der Waals surface area (Å²) in [5, 5.41) is 8.79. The summed E-state index contributed by atoms with van der Waals surface area (Å²) in [5.74, 6) is -1.97. The third-order valence-electron chi connectivity index (χ3n) is 2.24. The van der Waals surface area contributed by atoms with Crippen LogP contribution in [0.4, 0.5) is 5.69 Å². The summed E-state index contributed by atoms with van der Waals surface area (Å²) in [6, 6.07) is 4.09. The summed E-state index contributed by atoms with van der Waals surface area (Å²) in [4.78, 5) is 34.6. The number of aromatic carboxylic acids is 1. The van der Waals surface area contributed by atoms with Crippen LogP contribution in [-0.2, 0) is 9.59 Å². The molecule has 0 fully saturated rings. The summed E-state index contributed by atoms with van der Waals surface area (Å²) in [7, 11) is 0. The Labute approximate surface area is 104 Å². The highest BCUT2D eigenvalue weighted by molar-refractivity contribution is 9.10. The van der Waals surface area contributed by atoms with Gasteiger partial charge in [-0.05, 0) is 34.1 Å². The quantitative estimate of drug-likeness (QED) is 0.841. The number of nitrogens with zero attached hydrogens (tertiary/aromatic N) is 1. The number of rotatable bonds is 2. The Morgan fingerprint density at radius 3 is 2.24 bits per heavy atom. The van der Waals surface area contributed by atoms with Gasteiger partial charge < -0.3 is 5.11 Å². The molecule has 5 nitrogen and oxygen atoms in total. The number of hydrogen-bond donors (Lipinski definition) is 1. The molecule has 0 bridgehead atoms. The molecule has 0 aliphatic carbocycles.